The van der Waals surface area contributed by atoms with E-state index >= 15 is 0 Å². The van der Waals surface area contributed by atoms with Crippen molar-refractivity contribution in [3.05, 3.63) is 33.3 Å². The van der Waals surface area contributed by atoms with Crippen LogP contribution in [0.25, 0.3) is 0 Å². The van der Waals surface area contributed by atoms with Gasteiger partial charge in [-0.05, 0) is 40.0 Å². The van der Waals surface area contributed by atoms with Crippen molar-refractivity contribution < 1.29 is 5.11 Å². The number of benzene rings is 1. The smallest absolute Gasteiger partial charge is 0.0548 e. The van der Waals surface area contributed by atoms with Gasteiger partial charge in [-0.1, -0.05) is 17.7 Å². The van der Waals surface area contributed by atoms with Crippen molar-refractivity contribution in [1.29, 1.82) is 0 Å². The highest BCUT2D eigenvalue weighted by Gasteiger charge is 1.97. The molecule has 1 N–H and O–H groups in total. The number of rotatable bonds is 2. The zero-order valence-electron chi connectivity index (χ0n) is 5.85. The zero-order chi connectivity index (χ0) is 8.27. The fourth-order valence-corrected chi connectivity index (χ4v) is 1.37. The van der Waals surface area contributed by atoms with Crippen molar-refractivity contribution in [3.63, 3.8) is 0 Å². The van der Waals surface area contributed by atoms with E-state index in [9.17, 15) is 0 Å². The predicted octanol–water partition coefficient (Wildman–Crippen LogP) is 2.64. The van der Waals surface area contributed by atoms with Crippen LogP contribution in [-0.2, 0) is 6.42 Å². The van der Waals surface area contributed by atoms with E-state index in [1.54, 1.807) is 0 Å². The van der Waals surface area contributed by atoms with Crippen molar-refractivity contribution >= 4 is 27.5 Å². The van der Waals surface area contributed by atoms with E-state index in [4.69, 9.17) is 16.7 Å². The molecule has 0 bridgehead atoms. The van der Waals surface area contributed by atoms with E-state index in [2.05, 4.69) is 15.9 Å². The van der Waals surface area contributed by atoms with Gasteiger partial charge in [-0.2, -0.15) is 0 Å². The van der Waals surface area contributed by atoms with Crippen molar-refractivity contribution in [1.82, 2.24) is 0 Å². The van der Waals surface area contributed by atoms with Crippen LogP contribution >= 0.6 is 27.5 Å². The molecule has 0 saturated carbocycles. The second kappa shape index (κ2) is 4.10. The lowest BCUT2D eigenvalue weighted by Crippen LogP contribution is -1.89. The lowest BCUT2D eigenvalue weighted by Gasteiger charge is -1.99. The minimum Gasteiger partial charge on any atom is -0.396 e. The largest absolute Gasteiger partial charge is 0.396 e. The van der Waals surface area contributed by atoms with Crippen molar-refractivity contribution in [2.24, 2.45) is 0 Å². The molecule has 0 heterocycles. The standard InChI is InChI=1S/C8H8BrClO/c9-7-5-6(3-4-11)1-2-8(7)10/h1-2,5,11H,3-4H2. The van der Waals surface area contributed by atoms with E-state index in [1.165, 1.54) is 0 Å². The summed E-state index contributed by atoms with van der Waals surface area (Å²) in [5, 5.41) is 9.33. The Balaban J connectivity index is 2.86. The maximum absolute atomic E-state index is 8.63. The van der Waals surface area contributed by atoms with Crippen LogP contribution in [0, 0.1) is 0 Å². The second-order valence-electron chi connectivity index (χ2n) is 2.22. The Hall–Kier alpha value is -0.0500. The molecule has 3 heteroatoms. The Morgan fingerprint density at radius 2 is 2.18 bits per heavy atom. The summed E-state index contributed by atoms with van der Waals surface area (Å²) in [5.74, 6) is 0. The molecule has 0 radical (unpaired) electrons. The first-order chi connectivity index (χ1) is 5.24. The van der Waals surface area contributed by atoms with E-state index in [-0.39, 0.29) is 6.61 Å². The molecule has 1 rings (SSSR count). The molecule has 0 atom stereocenters. The summed E-state index contributed by atoms with van der Waals surface area (Å²) < 4.78 is 0.880. The zero-order valence-corrected chi connectivity index (χ0v) is 8.19. The van der Waals surface area contributed by atoms with Crippen LogP contribution in [0.4, 0.5) is 0 Å². The average molecular weight is 236 g/mol. The third-order valence-corrected chi connectivity index (χ3v) is 2.60. The Morgan fingerprint density at radius 1 is 1.45 bits per heavy atom. The Morgan fingerprint density at radius 3 is 2.73 bits per heavy atom. The molecule has 1 aromatic carbocycles. The van der Waals surface area contributed by atoms with Crippen molar-refractivity contribution in [3.8, 4) is 0 Å². The molecule has 0 aromatic heterocycles. The summed E-state index contributed by atoms with van der Waals surface area (Å²) >= 11 is 9.07. The predicted molar refractivity (Wildman–Crippen MR) is 49.9 cm³/mol. The van der Waals surface area contributed by atoms with Crippen LogP contribution in [-0.4, -0.2) is 11.7 Å². The number of aliphatic hydroxyl groups excluding tert-OH is 1. The van der Waals surface area contributed by atoms with Crippen LogP contribution in [0.15, 0.2) is 22.7 Å². The van der Waals surface area contributed by atoms with Gasteiger partial charge in [0, 0.05) is 11.1 Å². The highest BCUT2D eigenvalue weighted by Crippen LogP contribution is 2.23. The van der Waals surface area contributed by atoms with Gasteiger partial charge in [0.25, 0.3) is 0 Å². The van der Waals surface area contributed by atoms with Gasteiger partial charge < -0.3 is 5.11 Å². The van der Waals surface area contributed by atoms with Gasteiger partial charge in [0.1, 0.15) is 0 Å². The highest BCUT2D eigenvalue weighted by molar-refractivity contribution is 9.10. The van der Waals surface area contributed by atoms with Gasteiger partial charge in [-0.3, -0.25) is 0 Å². The maximum Gasteiger partial charge on any atom is 0.0548 e. The van der Waals surface area contributed by atoms with E-state index in [0.717, 1.165) is 10.0 Å². The van der Waals surface area contributed by atoms with Gasteiger partial charge in [0.05, 0.1) is 5.02 Å². The van der Waals surface area contributed by atoms with Crippen LogP contribution in [0.2, 0.25) is 5.02 Å². The van der Waals surface area contributed by atoms with Crippen LogP contribution in [0.5, 0.6) is 0 Å². The SMILES string of the molecule is OCCc1ccc(Cl)c(Br)c1. The minimum absolute atomic E-state index is 0.175. The molecule has 1 aromatic rings. The monoisotopic (exact) mass is 234 g/mol. The number of halogens is 2. The van der Waals surface area contributed by atoms with Crippen LogP contribution in [0.3, 0.4) is 0 Å². The Labute approximate surface area is 79.1 Å². The Bertz CT molecular complexity index is 250. The topological polar surface area (TPSA) is 20.2 Å². The molecule has 60 valence electrons. The molecule has 0 amide bonds. The van der Waals surface area contributed by atoms with Crippen LogP contribution < -0.4 is 0 Å². The summed E-state index contributed by atoms with van der Waals surface area (Å²) in [7, 11) is 0. The molecule has 0 saturated heterocycles. The fourth-order valence-electron chi connectivity index (χ4n) is 0.824. The molecule has 0 fully saturated rings. The molecular formula is C8H8BrClO. The maximum atomic E-state index is 8.63. The fraction of sp³-hybridized carbons (Fsp3) is 0.250. The lowest BCUT2D eigenvalue weighted by molar-refractivity contribution is 0.299. The van der Waals surface area contributed by atoms with Gasteiger partial charge in [0.15, 0.2) is 0 Å². The number of aliphatic hydroxyl groups is 1. The van der Waals surface area contributed by atoms with Crippen molar-refractivity contribution in [2.45, 2.75) is 6.42 Å². The minimum atomic E-state index is 0.175. The van der Waals surface area contributed by atoms with Gasteiger partial charge in [-0.25, -0.2) is 0 Å². The molecule has 11 heavy (non-hydrogen) atoms. The summed E-state index contributed by atoms with van der Waals surface area (Å²) in [6.07, 6.45) is 0.676. The molecule has 0 spiro atoms. The average Bonchev–Trinajstić information content (AvgIpc) is 1.98. The quantitative estimate of drug-likeness (QED) is 0.835. The normalized spacial score (nSPS) is 10.1. The Kier molecular flexibility index (Phi) is 3.37. The highest BCUT2D eigenvalue weighted by atomic mass is 79.9. The third-order valence-electron chi connectivity index (χ3n) is 1.38. The molecule has 0 aliphatic heterocycles. The lowest BCUT2D eigenvalue weighted by atomic mass is 10.2. The first-order valence-electron chi connectivity index (χ1n) is 3.29. The molecule has 1 nitrogen and oxygen atoms in total. The molecule has 0 aliphatic carbocycles. The van der Waals surface area contributed by atoms with E-state index in [1.807, 2.05) is 18.2 Å². The van der Waals surface area contributed by atoms with E-state index < -0.39 is 0 Å². The van der Waals surface area contributed by atoms with Gasteiger partial charge >= 0.3 is 0 Å². The summed E-state index contributed by atoms with van der Waals surface area (Å²) in [5.41, 5.74) is 1.09. The number of hydrogen-bond acceptors (Lipinski definition) is 1. The molecule has 0 unspecified atom stereocenters. The number of hydrogen-bond donors (Lipinski definition) is 1. The summed E-state index contributed by atoms with van der Waals surface area (Å²) in [6.45, 7) is 0.175. The van der Waals surface area contributed by atoms with Gasteiger partial charge in [-0.15, -0.1) is 0 Å². The first-order valence-corrected chi connectivity index (χ1v) is 4.46. The molecule has 0 aliphatic rings. The van der Waals surface area contributed by atoms with Gasteiger partial charge in [0.2, 0.25) is 0 Å². The van der Waals surface area contributed by atoms with Crippen molar-refractivity contribution in [2.75, 3.05) is 6.61 Å². The van der Waals surface area contributed by atoms with E-state index in [0.29, 0.717) is 11.4 Å². The third kappa shape index (κ3) is 2.47. The molecular weight excluding hydrogens is 227 g/mol. The summed E-state index contributed by atoms with van der Waals surface area (Å²) in [4.78, 5) is 0. The summed E-state index contributed by atoms with van der Waals surface area (Å²) in [6, 6.07) is 5.64. The van der Waals surface area contributed by atoms with Crippen LogP contribution in [0.1, 0.15) is 5.56 Å². The second-order valence-corrected chi connectivity index (χ2v) is 3.48. The first kappa shape index (κ1) is 9.04.